The molecule has 2 nitrogen and oxygen atoms in total. The Morgan fingerprint density at radius 2 is 0.672 bits per heavy atom. The number of hydrogen-bond acceptors (Lipinski definition) is 2. The third kappa shape index (κ3) is 5.82. The maximum Gasteiger partial charge on any atom is 0.180 e. The molecule has 0 amide bonds. The van der Waals surface area contributed by atoms with Gasteiger partial charge in [0.25, 0.3) is 0 Å². The molecule has 0 bridgehead atoms. The van der Waals surface area contributed by atoms with Crippen molar-refractivity contribution >= 4 is 71.9 Å². The molecule has 0 saturated carbocycles. The normalized spacial score (nSPS) is 12.3. The molecule has 11 rings (SSSR count). The molecule has 0 unspecified atom stereocenters. The van der Waals surface area contributed by atoms with Crippen molar-refractivity contribution in [1.82, 2.24) is 0 Å². The van der Waals surface area contributed by atoms with Crippen LogP contribution in [0.2, 0.25) is 0 Å². The van der Waals surface area contributed by atoms with Crippen molar-refractivity contribution in [2.45, 2.75) is 0 Å². The summed E-state index contributed by atoms with van der Waals surface area (Å²) in [6, 6.07) is 69.6. The van der Waals surface area contributed by atoms with Crippen LogP contribution in [0, 0.1) is 23.7 Å². The van der Waals surface area contributed by atoms with Crippen LogP contribution in [0.5, 0.6) is 11.5 Å². The first kappa shape index (κ1) is 36.3. The van der Waals surface area contributed by atoms with Crippen LogP contribution in [-0.4, -0.2) is 22.3 Å². The van der Waals surface area contributed by atoms with E-state index in [0.717, 1.165) is 55.7 Å². The van der Waals surface area contributed by atoms with Crippen LogP contribution in [-0.2, 0) is 0 Å². The minimum absolute atomic E-state index is 0.735. The molecule has 10 aromatic carbocycles. The lowest BCUT2D eigenvalue weighted by Crippen LogP contribution is -2.72. The first-order valence-corrected chi connectivity index (χ1v) is 22.6. The Kier molecular flexibility index (Phi) is 8.78. The summed E-state index contributed by atoms with van der Waals surface area (Å²) in [6.45, 7) is 0. The summed E-state index contributed by atoms with van der Waals surface area (Å²) in [5, 5.41) is 14.6. The van der Waals surface area contributed by atoms with Gasteiger partial charge in [-0.05, 0) is 111 Å². The Balaban J connectivity index is 1.16. The number of methoxy groups -OCH3 is 2. The number of hydrogen-bond donors (Lipinski definition) is 0. The molecular weight excluding hydrogens is 757 g/mol. The highest BCUT2D eigenvalue weighted by atomic mass is 28.3. The molecule has 10 aromatic rings. The molecule has 0 aliphatic carbocycles. The zero-order chi connectivity index (χ0) is 40.9. The zero-order valence-electron chi connectivity index (χ0n) is 33.8. The average molecular weight is 795 g/mol. The predicted molar refractivity (Wildman–Crippen MR) is 257 cm³/mol. The summed E-state index contributed by atoms with van der Waals surface area (Å²) in [7, 11) is 0.495. The summed E-state index contributed by atoms with van der Waals surface area (Å²) in [6.07, 6.45) is 0. The maximum absolute atomic E-state index is 6.20. The van der Waals surface area contributed by atoms with Crippen LogP contribution in [0.1, 0.15) is 22.3 Å². The third-order valence-corrected chi connectivity index (χ3v) is 17.2. The van der Waals surface area contributed by atoms with Crippen LogP contribution in [0.4, 0.5) is 0 Å². The first-order valence-electron chi connectivity index (χ1n) is 20.6. The van der Waals surface area contributed by atoms with Crippen molar-refractivity contribution in [2.24, 2.45) is 0 Å². The highest BCUT2D eigenvalue weighted by molar-refractivity contribution is 7.22. The van der Waals surface area contributed by atoms with Crippen molar-refractivity contribution in [1.29, 1.82) is 0 Å². The van der Waals surface area contributed by atoms with Crippen LogP contribution in [0.25, 0.3) is 54.2 Å². The Bertz CT molecular complexity index is 3280. The monoisotopic (exact) mass is 794 g/mol. The summed E-state index contributed by atoms with van der Waals surface area (Å²) in [5.74, 6) is 16.0. The number of fused-ring (bicyclic) bond motifs is 9. The SMILES string of the molecule is COc1cc2c(cc1C#Cc1cc3ccccc3c3ccccc13)[Si](c1ccccc1)(c1ccccc1)c1cc(C#Cc3cc4ccccc4c4ccccc34)c(OC)cc1-2. The molecular formula is C58H38O2Si. The van der Waals surface area contributed by atoms with E-state index in [4.69, 9.17) is 9.47 Å². The maximum atomic E-state index is 6.20. The highest BCUT2D eigenvalue weighted by Crippen LogP contribution is 2.37. The molecule has 0 atom stereocenters. The standard InChI is InChI=1S/C58H38O2Si/c1-59-55-37-53-54-38-56(60-2)44(32-30-42-34-40-18-10-12-24-48(40)52-28-16-14-26-50(42)52)36-58(54)61(45-19-5-3-6-20-45,46-21-7-4-8-22-46)57(53)35-43(55)31-29-41-33-39-17-9-11-23-47(39)51-27-15-13-25-49(41)51/h3-28,33-38H,1-2H3. The molecule has 1 aliphatic heterocycles. The molecule has 61 heavy (non-hydrogen) atoms. The van der Waals surface area contributed by atoms with Gasteiger partial charge in [-0.25, -0.2) is 0 Å². The number of rotatable bonds is 4. The molecule has 1 heterocycles. The van der Waals surface area contributed by atoms with Crippen LogP contribution < -0.4 is 30.2 Å². The predicted octanol–water partition coefficient (Wildman–Crippen LogP) is 10.5. The van der Waals surface area contributed by atoms with Gasteiger partial charge in [-0.15, -0.1) is 0 Å². The second-order valence-corrected chi connectivity index (χ2v) is 19.3. The lowest BCUT2D eigenvalue weighted by molar-refractivity contribution is 0.413. The molecule has 0 radical (unpaired) electrons. The second-order valence-electron chi connectivity index (χ2n) is 15.6. The molecule has 1 aliphatic rings. The van der Waals surface area contributed by atoms with E-state index in [9.17, 15) is 0 Å². The van der Waals surface area contributed by atoms with Crippen LogP contribution >= 0.6 is 0 Å². The van der Waals surface area contributed by atoms with Crippen molar-refractivity contribution in [3.63, 3.8) is 0 Å². The molecule has 286 valence electrons. The van der Waals surface area contributed by atoms with Crippen molar-refractivity contribution in [2.75, 3.05) is 14.2 Å². The van der Waals surface area contributed by atoms with E-state index in [1.54, 1.807) is 14.2 Å². The Hall–Kier alpha value is -7.82. The van der Waals surface area contributed by atoms with E-state index in [1.807, 2.05) is 0 Å². The van der Waals surface area contributed by atoms with E-state index >= 15 is 0 Å². The van der Waals surface area contributed by atoms with E-state index in [2.05, 4.69) is 218 Å². The largest absolute Gasteiger partial charge is 0.495 e. The second kappa shape index (κ2) is 14.8. The average Bonchev–Trinajstić information content (AvgIpc) is 3.60. The lowest BCUT2D eigenvalue weighted by atomic mass is 9.97. The molecule has 0 spiro atoms. The third-order valence-electron chi connectivity index (χ3n) is 12.4. The van der Waals surface area contributed by atoms with Gasteiger partial charge in [-0.1, -0.05) is 181 Å². The van der Waals surface area contributed by atoms with Gasteiger partial charge in [0, 0.05) is 11.1 Å². The zero-order valence-corrected chi connectivity index (χ0v) is 34.8. The molecule has 0 fully saturated rings. The topological polar surface area (TPSA) is 18.5 Å². The summed E-state index contributed by atoms with van der Waals surface area (Å²) in [5.41, 5.74) is 5.94. The van der Waals surface area contributed by atoms with Gasteiger partial charge in [0.15, 0.2) is 8.07 Å². The summed E-state index contributed by atoms with van der Waals surface area (Å²) in [4.78, 5) is 0. The number of ether oxygens (including phenoxy) is 2. The Labute approximate surface area is 356 Å². The van der Waals surface area contributed by atoms with Crippen molar-refractivity contribution in [3.05, 3.63) is 216 Å². The van der Waals surface area contributed by atoms with E-state index in [-0.39, 0.29) is 0 Å². The molecule has 0 saturated heterocycles. The Morgan fingerprint density at radius 3 is 1.08 bits per heavy atom. The van der Waals surface area contributed by atoms with E-state index in [0.29, 0.717) is 0 Å². The van der Waals surface area contributed by atoms with Gasteiger partial charge in [0.05, 0.1) is 25.3 Å². The Morgan fingerprint density at radius 1 is 0.328 bits per heavy atom. The van der Waals surface area contributed by atoms with Crippen LogP contribution in [0.15, 0.2) is 194 Å². The van der Waals surface area contributed by atoms with E-state index in [1.165, 1.54) is 53.1 Å². The van der Waals surface area contributed by atoms with Gasteiger partial charge < -0.3 is 9.47 Å². The summed E-state index contributed by atoms with van der Waals surface area (Å²) >= 11 is 0. The fraction of sp³-hybridized carbons (Fsp3) is 0.0345. The van der Waals surface area contributed by atoms with Crippen LogP contribution in [0.3, 0.4) is 0 Å². The van der Waals surface area contributed by atoms with Gasteiger partial charge in [0.2, 0.25) is 0 Å². The quantitative estimate of drug-likeness (QED) is 0.100. The smallest absolute Gasteiger partial charge is 0.180 e. The molecule has 0 N–H and O–H groups in total. The highest BCUT2D eigenvalue weighted by Gasteiger charge is 2.49. The van der Waals surface area contributed by atoms with Crippen molar-refractivity contribution in [3.8, 4) is 46.3 Å². The fourth-order valence-electron chi connectivity index (χ4n) is 9.65. The van der Waals surface area contributed by atoms with Crippen molar-refractivity contribution < 1.29 is 9.47 Å². The summed E-state index contributed by atoms with van der Waals surface area (Å²) < 4.78 is 12.4. The van der Waals surface area contributed by atoms with Gasteiger partial charge in [-0.2, -0.15) is 0 Å². The number of benzene rings is 10. The van der Waals surface area contributed by atoms with Gasteiger partial charge >= 0.3 is 0 Å². The molecule has 0 aromatic heterocycles. The lowest BCUT2D eigenvalue weighted by Gasteiger charge is -2.31. The van der Waals surface area contributed by atoms with Gasteiger partial charge in [0.1, 0.15) is 11.5 Å². The van der Waals surface area contributed by atoms with Gasteiger partial charge in [-0.3, -0.25) is 0 Å². The van der Waals surface area contributed by atoms with E-state index < -0.39 is 8.07 Å². The minimum Gasteiger partial charge on any atom is -0.495 e. The first-order chi connectivity index (χ1) is 30.1. The minimum atomic E-state index is -2.98. The molecule has 3 heteroatoms. The fourth-order valence-corrected chi connectivity index (χ4v) is 14.8.